The van der Waals surface area contributed by atoms with E-state index in [0.29, 0.717) is 25.5 Å². The molecule has 2 aliphatic rings. The van der Waals surface area contributed by atoms with Crippen LogP contribution in [0.1, 0.15) is 38.5 Å². The first-order chi connectivity index (χ1) is 8.24. The number of hydrogen-bond acceptors (Lipinski definition) is 3. The first-order valence-corrected chi connectivity index (χ1v) is 6.76. The van der Waals surface area contributed by atoms with Gasteiger partial charge in [-0.1, -0.05) is 6.42 Å². The lowest BCUT2D eigenvalue weighted by Gasteiger charge is -2.24. The SMILES string of the molecule is O=C(CC1CCC1)NCC(O)COCC1CC1. The molecule has 0 aliphatic heterocycles. The maximum Gasteiger partial charge on any atom is 0.220 e. The van der Waals surface area contributed by atoms with Crippen LogP contribution in [0.25, 0.3) is 0 Å². The van der Waals surface area contributed by atoms with Crippen molar-refractivity contribution in [2.45, 2.75) is 44.6 Å². The minimum Gasteiger partial charge on any atom is -0.389 e. The van der Waals surface area contributed by atoms with Gasteiger partial charge in [0.2, 0.25) is 5.91 Å². The van der Waals surface area contributed by atoms with Gasteiger partial charge in [0, 0.05) is 19.6 Å². The summed E-state index contributed by atoms with van der Waals surface area (Å²) < 4.78 is 5.36. The molecule has 2 rings (SSSR count). The van der Waals surface area contributed by atoms with Gasteiger partial charge < -0.3 is 15.2 Å². The molecule has 1 unspecified atom stereocenters. The lowest BCUT2D eigenvalue weighted by atomic mass is 9.83. The molecule has 0 spiro atoms. The summed E-state index contributed by atoms with van der Waals surface area (Å²) in [5.41, 5.74) is 0. The summed E-state index contributed by atoms with van der Waals surface area (Å²) in [5.74, 6) is 1.37. The van der Waals surface area contributed by atoms with Crippen LogP contribution in [0.15, 0.2) is 0 Å². The Morgan fingerprint density at radius 1 is 1.29 bits per heavy atom. The van der Waals surface area contributed by atoms with Crippen LogP contribution >= 0.6 is 0 Å². The number of carbonyl (C=O) groups is 1. The third kappa shape index (κ3) is 5.04. The Labute approximate surface area is 103 Å². The number of nitrogens with one attached hydrogen (secondary N) is 1. The van der Waals surface area contributed by atoms with Gasteiger partial charge in [-0.15, -0.1) is 0 Å². The molecule has 2 aliphatic carbocycles. The first kappa shape index (κ1) is 12.8. The smallest absolute Gasteiger partial charge is 0.220 e. The van der Waals surface area contributed by atoms with Crippen LogP contribution < -0.4 is 5.32 Å². The third-order valence-corrected chi connectivity index (χ3v) is 3.59. The fourth-order valence-corrected chi connectivity index (χ4v) is 1.98. The summed E-state index contributed by atoms with van der Waals surface area (Å²) in [4.78, 5) is 11.5. The van der Waals surface area contributed by atoms with E-state index >= 15 is 0 Å². The summed E-state index contributed by atoms with van der Waals surface area (Å²) >= 11 is 0. The zero-order valence-electron chi connectivity index (χ0n) is 10.4. The maximum absolute atomic E-state index is 11.5. The number of aliphatic hydroxyl groups is 1. The largest absolute Gasteiger partial charge is 0.389 e. The van der Waals surface area contributed by atoms with Gasteiger partial charge in [-0.3, -0.25) is 4.79 Å². The van der Waals surface area contributed by atoms with Crippen LogP contribution in [-0.2, 0) is 9.53 Å². The number of hydrogen-bond donors (Lipinski definition) is 2. The quantitative estimate of drug-likeness (QED) is 0.668. The Morgan fingerprint density at radius 2 is 2.06 bits per heavy atom. The predicted octanol–water partition coefficient (Wildman–Crippen LogP) is 1.08. The van der Waals surface area contributed by atoms with Crippen molar-refractivity contribution in [1.82, 2.24) is 5.32 Å². The van der Waals surface area contributed by atoms with Crippen LogP contribution in [0.2, 0.25) is 0 Å². The Bertz CT molecular complexity index is 249. The number of rotatable bonds is 8. The van der Waals surface area contributed by atoms with Crippen LogP contribution in [0.3, 0.4) is 0 Å². The number of ether oxygens (including phenoxy) is 1. The average Bonchev–Trinajstić information content (AvgIpc) is 3.04. The molecule has 1 amide bonds. The van der Waals surface area contributed by atoms with E-state index in [1.54, 1.807) is 0 Å². The highest BCUT2D eigenvalue weighted by atomic mass is 16.5. The minimum atomic E-state index is -0.570. The summed E-state index contributed by atoms with van der Waals surface area (Å²) in [6, 6.07) is 0. The zero-order valence-corrected chi connectivity index (χ0v) is 10.4. The van der Waals surface area contributed by atoms with Crippen LogP contribution in [-0.4, -0.2) is 36.9 Å². The second kappa shape index (κ2) is 6.36. The lowest BCUT2D eigenvalue weighted by Crippen LogP contribution is -2.36. The van der Waals surface area contributed by atoms with Crippen LogP contribution in [0.4, 0.5) is 0 Å². The fraction of sp³-hybridized carbons (Fsp3) is 0.923. The number of amides is 1. The second-order valence-corrected chi connectivity index (χ2v) is 5.44. The van der Waals surface area contributed by atoms with Gasteiger partial charge >= 0.3 is 0 Å². The van der Waals surface area contributed by atoms with Crippen molar-refractivity contribution in [3.05, 3.63) is 0 Å². The van der Waals surface area contributed by atoms with Gasteiger partial charge in [-0.25, -0.2) is 0 Å². The molecule has 1 atom stereocenters. The molecule has 98 valence electrons. The number of aliphatic hydroxyl groups excluding tert-OH is 1. The molecule has 0 aromatic rings. The van der Waals surface area contributed by atoms with E-state index in [9.17, 15) is 9.90 Å². The lowest BCUT2D eigenvalue weighted by molar-refractivity contribution is -0.123. The van der Waals surface area contributed by atoms with Crippen molar-refractivity contribution in [2.24, 2.45) is 11.8 Å². The molecule has 4 heteroatoms. The van der Waals surface area contributed by atoms with E-state index in [-0.39, 0.29) is 5.91 Å². The van der Waals surface area contributed by atoms with Gasteiger partial charge in [0.1, 0.15) is 0 Å². The summed E-state index contributed by atoms with van der Waals surface area (Å²) in [6.07, 6.45) is 6.19. The molecule has 0 aromatic heterocycles. The van der Waals surface area contributed by atoms with Crippen molar-refractivity contribution >= 4 is 5.91 Å². The predicted molar refractivity (Wildman–Crippen MR) is 64.5 cm³/mol. The van der Waals surface area contributed by atoms with Crippen molar-refractivity contribution in [3.8, 4) is 0 Å². The molecule has 17 heavy (non-hydrogen) atoms. The zero-order chi connectivity index (χ0) is 12.1. The molecule has 2 N–H and O–H groups in total. The Balaban J connectivity index is 1.45. The molecule has 0 aromatic carbocycles. The van der Waals surface area contributed by atoms with Gasteiger partial charge in [0.15, 0.2) is 0 Å². The summed E-state index contributed by atoms with van der Waals surface area (Å²) in [6.45, 7) is 1.41. The van der Waals surface area contributed by atoms with E-state index in [2.05, 4.69) is 5.32 Å². The summed E-state index contributed by atoms with van der Waals surface area (Å²) in [5, 5.41) is 12.4. The monoisotopic (exact) mass is 241 g/mol. The maximum atomic E-state index is 11.5. The van der Waals surface area contributed by atoms with Crippen LogP contribution in [0.5, 0.6) is 0 Å². The fourth-order valence-electron chi connectivity index (χ4n) is 1.98. The highest BCUT2D eigenvalue weighted by molar-refractivity contribution is 5.76. The topological polar surface area (TPSA) is 58.6 Å². The minimum absolute atomic E-state index is 0.0657. The van der Waals surface area contributed by atoms with Gasteiger partial charge in [0.05, 0.1) is 12.7 Å². The molecule has 2 saturated carbocycles. The molecule has 0 radical (unpaired) electrons. The molecule has 0 heterocycles. The molecule has 2 fully saturated rings. The molecular weight excluding hydrogens is 218 g/mol. The first-order valence-electron chi connectivity index (χ1n) is 6.76. The van der Waals surface area contributed by atoms with Gasteiger partial charge in [-0.05, 0) is 37.5 Å². The Morgan fingerprint density at radius 3 is 2.65 bits per heavy atom. The number of carbonyl (C=O) groups excluding carboxylic acids is 1. The highest BCUT2D eigenvalue weighted by Crippen LogP contribution is 2.29. The highest BCUT2D eigenvalue weighted by Gasteiger charge is 2.22. The van der Waals surface area contributed by atoms with E-state index in [0.717, 1.165) is 12.5 Å². The third-order valence-electron chi connectivity index (χ3n) is 3.59. The van der Waals surface area contributed by atoms with E-state index in [4.69, 9.17) is 4.74 Å². The van der Waals surface area contributed by atoms with Crippen molar-refractivity contribution in [3.63, 3.8) is 0 Å². The molecule has 4 nitrogen and oxygen atoms in total. The Hall–Kier alpha value is -0.610. The van der Waals surface area contributed by atoms with E-state index < -0.39 is 6.10 Å². The normalized spacial score (nSPS) is 21.9. The van der Waals surface area contributed by atoms with Crippen molar-refractivity contribution in [1.29, 1.82) is 0 Å². The molecule has 0 bridgehead atoms. The average molecular weight is 241 g/mol. The van der Waals surface area contributed by atoms with Crippen molar-refractivity contribution < 1.29 is 14.6 Å². The second-order valence-electron chi connectivity index (χ2n) is 5.44. The van der Waals surface area contributed by atoms with E-state index in [1.807, 2.05) is 0 Å². The van der Waals surface area contributed by atoms with E-state index in [1.165, 1.54) is 32.1 Å². The Kier molecular flexibility index (Phi) is 4.80. The van der Waals surface area contributed by atoms with Crippen LogP contribution in [0, 0.1) is 11.8 Å². The van der Waals surface area contributed by atoms with Gasteiger partial charge in [-0.2, -0.15) is 0 Å². The standard InChI is InChI=1S/C13H23NO3/c15-12(9-17-8-11-4-5-11)7-14-13(16)6-10-2-1-3-10/h10-12,15H,1-9H2,(H,14,16). The molecular formula is C13H23NO3. The van der Waals surface area contributed by atoms with Crippen molar-refractivity contribution in [2.75, 3.05) is 19.8 Å². The van der Waals surface area contributed by atoms with Gasteiger partial charge in [0.25, 0.3) is 0 Å². The molecule has 0 saturated heterocycles. The summed E-state index contributed by atoms with van der Waals surface area (Å²) in [7, 11) is 0.